The van der Waals surface area contributed by atoms with Crippen LogP contribution in [0.3, 0.4) is 0 Å². The molecule has 8 heteroatoms. The molecule has 0 radical (unpaired) electrons. The van der Waals surface area contributed by atoms with Crippen molar-refractivity contribution in [3.05, 3.63) is 0 Å². The second-order valence-corrected chi connectivity index (χ2v) is 9.29. The van der Waals surface area contributed by atoms with E-state index in [4.69, 9.17) is 35.2 Å². The summed E-state index contributed by atoms with van der Waals surface area (Å²) >= 11 is 0. The standard InChI is InChI=1S/C20H34N2O6/c21-12-5-1-10(2-6-12)19-24-9-14-15(26-19)16-17(18(23)25-14)28-20(27-16)11-3-7-13(22)8-4-11/h10-20,23H,1-9,21-22H2. The monoisotopic (exact) mass is 398 g/mol. The van der Waals surface area contributed by atoms with Crippen molar-refractivity contribution < 1.29 is 28.8 Å². The average molecular weight is 399 g/mol. The Kier molecular flexibility index (Phi) is 5.66. The molecule has 3 aliphatic heterocycles. The van der Waals surface area contributed by atoms with Crippen molar-refractivity contribution >= 4 is 0 Å². The SMILES string of the molecule is NC1CCC(C2OCC3OC(O)C4OC(C5CCC(N)CC5)OC4C3O2)CC1. The zero-order valence-electron chi connectivity index (χ0n) is 16.4. The maximum Gasteiger partial charge on any atom is 0.184 e. The van der Waals surface area contributed by atoms with Crippen LogP contribution in [0.2, 0.25) is 0 Å². The molecule has 0 spiro atoms. The van der Waals surface area contributed by atoms with Crippen molar-refractivity contribution in [3.63, 3.8) is 0 Å². The van der Waals surface area contributed by atoms with Crippen LogP contribution >= 0.6 is 0 Å². The molecule has 5 fully saturated rings. The number of aliphatic hydroxyl groups excluding tert-OH is 1. The van der Waals surface area contributed by atoms with E-state index < -0.39 is 12.4 Å². The van der Waals surface area contributed by atoms with Crippen molar-refractivity contribution in [1.82, 2.24) is 0 Å². The molecular weight excluding hydrogens is 364 g/mol. The molecule has 5 rings (SSSR count). The number of rotatable bonds is 2. The first-order chi connectivity index (χ1) is 13.6. The first-order valence-electron chi connectivity index (χ1n) is 11.0. The highest BCUT2D eigenvalue weighted by molar-refractivity contribution is 4.98. The number of nitrogens with two attached hydrogens (primary N) is 2. The summed E-state index contributed by atoms with van der Waals surface area (Å²) < 4.78 is 30.5. The quantitative estimate of drug-likeness (QED) is 0.618. The van der Waals surface area contributed by atoms with E-state index in [2.05, 4.69) is 0 Å². The summed E-state index contributed by atoms with van der Waals surface area (Å²) in [4.78, 5) is 0. The summed E-state index contributed by atoms with van der Waals surface area (Å²) in [6.45, 7) is 0.407. The Morgan fingerprint density at radius 2 is 1.14 bits per heavy atom. The van der Waals surface area contributed by atoms with E-state index in [0.717, 1.165) is 51.4 Å². The Hall–Kier alpha value is -0.320. The minimum atomic E-state index is -1.02. The van der Waals surface area contributed by atoms with Crippen LogP contribution in [0.25, 0.3) is 0 Å². The third-order valence-corrected chi connectivity index (χ3v) is 7.31. The number of fused-ring (bicyclic) bond motifs is 3. The summed E-state index contributed by atoms with van der Waals surface area (Å²) in [7, 11) is 0. The summed E-state index contributed by atoms with van der Waals surface area (Å²) in [5.41, 5.74) is 12.1. The Bertz CT molecular complexity index is 537. The van der Waals surface area contributed by atoms with Crippen LogP contribution in [0.1, 0.15) is 51.4 Å². The molecule has 0 aromatic rings. The lowest BCUT2D eigenvalue weighted by Gasteiger charge is -2.46. The number of aliphatic hydroxyl groups is 1. The van der Waals surface area contributed by atoms with Gasteiger partial charge in [0.1, 0.15) is 24.4 Å². The molecule has 0 aromatic heterocycles. The van der Waals surface area contributed by atoms with Gasteiger partial charge in [-0.3, -0.25) is 0 Å². The summed E-state index contributed by atoms with van der Waals surface area (Å²) in [5, 5.41) is 10.4. The molecular formula is C20H34N2O6. The largest absolute Gasteiger partial charge is 0.366 e. The summed E-state index contributed by atoms with van der Waals surface area (Å²) in [6.07, 6.45) is 4.96. The van der Waals surface area contributed by atoms with Gasteiger partial charge in [0.2, 0.25) is 0 Å². The summed E-state index contributed by atoms with van der Waals surface area (Å²) in [5.74, 6) is 0.663. The highest BCUT2D eigenvalue weighted by atomic mass is 16.8. The van der Waals surface area contributed by atoms with E-state index >= 15 is 0 Å². The summed E-state index contributed by atoms with van der Waals surface area (Å²) in [6, 6.07) is 0.572. The molecule has 160 valence electrons. The third-order valence-electron chi connectivity index (χ3n) is 7.31. The van der Waals surface area contributed by atoms with Crippen LogP contribution in [0.5, 0.6) is 0 Å². The van der Waals surface area contributed by atoms with Gasteiger partial charge in [0.05, 0.1) is 6.61 Å². The first kappa shape index (κ1) is 19.6. The topological polar surface area (TPSA) is 118 Å². The van der Waals surface area contributed by atoms with E-state index in [9.17, 15) is 5.11 Å². The zero-order valence-corrected chi connectivity index (χ0v) is 16.4. The van der Waals surface area contributed by atoms with Crippen LogP contribution in [-0.4, -0.2) is 67.1 Å². The Balaban J connectivity index is 1.25. The molecule has 7 atom stereocenters. The van der Waals surface area contributed by atoms with E-state index in [0.29, 0.717) is 24.5 Å². The minimum absolute atomic E-state index is 0.261. The first-order valence-corrected chi connectivity index (χ1v) is 11.0. The molecule has 7 unspecified atom stereocenters. The smallest absolute Gasteiger partial charge is 0.184 e. The molecule has 0 bridgehead atoms. The van der Waals surface area contributed by atoms with Crippen molar-refractivity contribution in [2.45, 2.75) is 107 Å². The van der Waals surface area contributed by atoms with Gasteiger partial charge in [-0.2, -0.15) is 0 Å². The van der Waals surface area contributed by atoms with Gasteiger partial charge in [0.15, 0.2) is 18.9 Å². The van der Waals surface area contributed by atoms with Crippen molar-refractivity contribution in [2.75, 3.05) is 6.61 Å². The fraction of sp³-hybridized carbons (Fsp3) is 1.00. The lowest BCUT2D eigenvalue weighted by Crippen LogP contribution is -2.62. The predicted octanol–water partition coefficient (Wildman–Crippen LogP) is 0.590. The highest BCUT2D eigenvalue weighted by Gasteiger charge is 2.56. The predicted molar refractivity (Wildman–Crippen MR) is 98.9 cm³/mol. The average Bonchev–Trinajstić information content (AvgIpc) is 3.15. The van der Waals surface area contributed by atoms with E-state index in [1.807, 2.05) is 0 Å². The van der Waals surface area contributed by atoms with Crippen LogP contribution in [0.15, 0.2) is 0 Å². The molecule has 8 nitrogen and oxygen atoms in total. The molecule has 3 heterocycles. The lowest BCUT2D eigenvalue weighted by molar-refractivity contribution is -0.346. The van der Waals surface area contributed by atoms with Crippen molar-refractivity contribution in [1.29, 1.82) is 0 Å². The maximum absolute atomic E-state index is 10.4. The van der Waals surface area contributed by atoms with E-state index in [-0.39, 0.29) is 36.9 Å². The lowest BCUT2D eigenvalue weighted by atomic mass is 9.85. The van der Waals surface area contributed by atoms with Crippen molar-refractivity contribution in [2.24, 2.45) is 23.3 Å². The van der Waals surface area contributed by atoms with E-state index in [1.54, 1.807) is 0 Å². The van der Waals surface area contributed by atoms with Crippen LogP contribution in [-0.2, 0) is 23.7 Å². The van der Waals surface area contributed by atoms with Gasteiger partial charge < -0.3 is 40.3 Å². The van der Waals surface area contributed by atoms with Gasteiger partial charge in [0.25, 0.3) is 0 Å². The third kappa shape index (κ3) is 3.74. The van der Waals surface area contributed by atoms with Crippen LogP contribution in [0.4, 0.5) is 0 Å². The molecule has 0 amide bonds. The zero-order chi connectivity index (χ0) is 19.3. The van der Waals surface area contributed by atoms with Gasteiger partial charge in [-0.05, 0) is 51.4 Å². The molecule has 3 saturated heterocycles. The molecule has 2 saturated carbocycles. The van der Waals surface area contributed by atoms with Gasteiger partial charge in [-0.25, -0.2) is 0 Å². The molecule has 0 aromatic carbocycles. The molecule has 28 heavy (non-hydrogen) atoms. The maximum atomic E-state index is 10.4. The fourth-order valence-corrected chi connectivity index (χ4v) is 5.52. The van der Waals surface area contributed by atoms with Gasteiger partial charge >= 0.3 is 0 Å². The normalized spacial score (nSPS) is 54.8. The Morgan fingerprint density at radius 1 is 0.607 bits per heavy atom. The number of ether oxygens (including phenoxy) is 5. The Labute approximate surface area is 166 Å². The Morgan fingerprint density at radius 3 is 1.79 bits per heavy atom. The van der Waals surface area contributed by atoms with E-state index in [1.165, 1.54) is 0 Å². The second kappa shape index (κ2) is 8.07. The fourth-order valence-electron chi connectivity index (χ4n) is 5.52. The number of hydrogen-bond acceptors (Lipinski definition) is 8. The number of hydrogen-bond donors (Lipinski definition) is 3. The van der Waals surface area contributed by atoms with Crippen LogP contribution in [0, 0.1) is 11.8 Å². The second-order valence-electron chi connectivity index (χ2n) is 9.29. The molecule has 2 aliphatic carbocycles. The van der Waals surface area contributed by atoms with Gasteiger partial charge in [0, 0.05) is 23.9 Å². The molecule has 5 N–H and O–H groups in total. The van der Waals surface area contributed by atoms with Crippen molar-refractivity contribution in [3.8, 4) is 0 Å². The van der Waals surface area contributed by atoms with Gasteiger partial charge in [-0.1, -0.05) is 0 Å². The van der Waals surface area contributed by atoms with Gasteiger partial charge in [-0.15, -0.1) is 0 Å². The van der Waals surface area contributed by atoms with Crippen LogP contribution < -0.4 is 11.5 Å². The minimum Gasteiger partial charge on any atom is -0.366 e. The highest BCUT2D eigenvalue weighted by Crippen LogP contribution is 2.42. The molecule has 5 aliphatic rings.